The topological polar surface area (TPSA) is 82.4 Å². The van der Waals surface area contributed by atoms with Crippen molar-refractivity contribution in [1.82, 2.24) is 4.90 Å². The maximum atomic E-state index is 12.5. The van der Waals surface area contributed by atoms with Crippen LogP contribution >= 0.6 is 0 Å². The van der Waals surface area contributed by atoms with Gasteiger partial charge < -0.3 is 15.0 Å². The van der Waals surface area contributed by atoms with E-state index in [1.54, 1.807) is 11.8 Å². The van der Waals surface area contributed by atoms with E-state index in [1.165, 1.54) is 6.20 Å². The van der Waals surface area contributed by atoms with E-state index in [4.69, 9.17) is 4.74 Å². The molecule has 0 radical (unpaired) electrons. The summed E-state index contributed by atoms with van der Waals surface area (Å²) < 4.78 is 5.03. The number of hydrogen-bond acceptors (Lipinski definition) is 5. The number of aryl methyl sites for hydroxylation is 1. The SMILES string of the molecule is CCOC(=O)C1CCN(C(=O)/C(C#N)=C\Nc2ccc(C)cc2)CC1. The lowest BCUT2D eigenvalue weighted by molar-refractivity contribution is -0.150. The Morgan fingerprint density at radius 3 is 2.52 bits per heavy atom. The van der Waals surface area contributed by atoms with Crippen molar-refractivity contribution >= 4 is 17.6 Å². The molecule has 0 atom stereocenters. The third-order valence-corrected chi connectivity index (χ3v) is 4.19. The number of rotatable bonds is 5. The quantitative estimate of drug-likeness (QED) is 0.506. The van der Waals surface area contributed by atoms with Crippen molar-refractivity contribution in [3.8, 4) is 6.07 Å². The summed E-state index contributed by atoms with van der Waals surface area (Å²) in [6.07, 6.45) is 2.56. The molecule has 1 saturated heterocycles. The summed E-state index contributed by atoms with van der Waals surface area (Å²) in [4.78, 5) is 25.8. The first-order chi connectivity index (χ1) is 12.0. The van der Waals surface area contributed by atoms with Crippen molar-refractivity contribution < 1.29 is 14.3 Å². The minimum atomic E-state index is -0.315. The predicted octanol–water partition coefficient (Wildman–Crippen LogP) is 2.62. The molecule has 1 heterocycles. The molecule has 1 amide bonds. The van der Waals surface area contributed by atoms with Crippen LogP contribution in [0.2, 0.25) is 0 Å². The second-order valence-electron chi connectivity index (χ2n) is 6.00. The molecule has 0 spiro atoms. The third kappa shape index (κ3) is 5.08. The second kappa shape index (κ2) is 8.88. The van der Waals surface area contributed by atoms with Gasteiger partial charge in [-0.3, -0.25) is 9.59 Å². The third-order valence-electron chi connectivity index (χ3n) is 4.19. The normalized spacial score (nSPS) is 15.4. The number of hydrogen-bond donors (Lipinski definition) is 1. The number of piperidine rings is 1. The maximum absolute atomic E-state index is 12.5. The van der Waals surface area contributed by atoms with Gasteiger partial charge in [-0.2, -0.15) is 5.26 Å². The zero-order valence-electron chi connectivity index (χ0n) is 14.6. The molecule has 6 nitrogen and oxygen atoms in total. The lowest BCUT2D eigenvalue weighted by Crippen LogP contribution is -2.41. The fourth-order valence-corrected chi connectivity index (χ4v) is 2.70. The summed E-state index contributed by atoms with van der Waals surface area (Å²) in [6, 6.07) is 9.62. The Balaban J connectivity index is 1.94. The smallest absolute Gasteiger partial charge is 0.309 e. The van der Waals surface area contributed by atoms with Crippen LogP contribution in [0.3, 0.4) is 0 Å². The highest BCUT2D eigenvalue weighted by Crippen LogP contribution is 2.20. The molecule has 132 valence electrons. The van der Waals surface area contributed by atoms with Gasteiger partial charge in [0.1, 0.15) is 11.6 Å². The van der Waals surface area contributed by atoms with Crippen LogP contribution in [0.4, 0.5) is 5.69 Å². The number of anilines is 1. The van der Waals surface area contributed by atoms with Gasteiger partial charge in [0.15, 0.2) is 0 Å². The number of nitriles is 1. The van der Waals surface area contributed by atoms with E-state index in [0.717, 1.165) is 11.3 Å². The second-order valence-corrected chi connectivity index (χ2v) is 6.00. The predicted molar refractivity (Wildman–Crippen MR) is 94.4 cm³/mol. The van der Waals surface area contributed by atoms with Gasteiger partial charge in [-0.05, 0) is 38.8 Å². The van der Waals surface area contributed by atoms with Crippen molar-refractivity contribution in [3.63, 3.8) is 0 Å². The summed E-state index contributed by atoms with van der Waals surface area (Å²) in [5.74, 6) is -0.680. The van der Waals surface area contributed by atoms with Crippen molar-refractivity contribution in [3.05, 3.63) is 41.6 Å². The molecule has 1 aromatic rings. The number of nitrogens with zero attached hydrogens (tertiary/aromatic N) is 2. The Morgan fingerprint density at radius 2 is 1.96 bits per heavy atom. The first-order valence-electron chi connectivity index (χ1n) is 8.44. The highest BCUT2D eigenvalue weighted by atomic mass is 16.5. The lowest BCUT2D eigenvalue weighted by Gasteiger charge is -2.30. The van der Waals surface area contributed by atoms with Gasteiger partial charge in [0.2, 0.25) is 0 Å². The average Bonchev–Trinajstić information content (AvgIpc) is 2.64. The molecule has 0 aliphatic carbocycles. The van der Waals surface area contributed by atoms with Crippen LogP contribution in [0.15, 0.2) is 36.0 Å². The van der Waals surface area contributed by atoms with Crippen LogP contribution < -0.4 is 5.32 Å². The van der Waals surface area contributed by atoms with Crippen LogP contribution in [0.1, 0.15) is 25.3 Å². The summed E-state index contributed by atoms with van der Waals surface area (Å²) in [5.41, 5.74) is 2.00. The number of esters is 1. The van der Waals surface area contributed by atoms with Crippen molar-refractivity contribution in [2.24, 2.45) is 5.92 Å². The van der Waals surface area contributed by atoms with E-state index in [0.29, 0.717) is 32.5 Å². The summed E-state index contributed by atoms with van der Waals surface area (Å²) in [7, 11) is 0. The van der Waals surface area contributed by atoms with Crippen LogP contribution in [0.5, 0.6) is 0 Å². The van der Waals surface area contributed by atoms with Gasteiger partial charge in [-0.25, -0.2) is 0 Å². The minimum Gasteiger partial charge on any atom is -0.466 e. The first kappa shape index (κ1) is 18.5. The largest absolute Gasteiger partial charge is 0.466 e. The Labute approximate surface area is 148 Å². The Kier molecular flexibility index (Phi) is 6.58. The van der Waals surface area contributed by atoms with Crippen LogP contribution in [0, 0.1) is 24.2 Å². The molecule has 0 bridgehead atoms. The van der Waals surface area contributed by atoms with Gasteiger partial charge in [0.25, 0.3) is 5.91 Å². The number of carbonyl (C=O) groups excluding carboxylic acids is 2. The molecule has 25 heavy (non-hydrogen) atoms. The minimum absolute atomic E-state index is 0.0511. The number of nitrogens with one attached hydrogen (secondary N) is 1. The van der Waals surface area contributed by atoms with Crippen LogP contribution in [-0.2, 0) is 14.3 Å². The zero-order valence-corrected chi connectivity index (χ0v) is 14.6. The summed E-state index contributed by atoms with van der Waals surface area (Å²) in [6.45, 7) is 5.03. The van der Waals surface area contributed by atoms with E-state index in [9.17, 15) is 14.9 Å². The van der Waals surface area contributed by atoms with E-state index >= 15 is 0 Å². The summed E-state index contributed by atoms with van der Waals surface area (Å²) in [5, 5.41) is 12.3. The number of likely N-dealkylation sites (tertiary alicyclic amines) is 1. The Morgan fingerprint density at radius 1 is 1.32 bits per heavy atom. The van der Waals surface area contributed by atoms with Crippen LogP contribution in [0.25, 0.3) is 0 Å². The molecule has 1 aliphatic heterocycles. The molecule has 1 aliphatic rings. The van der Waals surface area contributed by atoms with Gasteiger partial charge in [-0.1, -0.05) is 17.7 Å². The van der Waals surface area contributed by atoms with E-state index in [2.05, 4.69) is 5.32 Å². The highest BCUT2D eigenvalue weighted by Gasteiger charge is 2.29. The molecule has 1 N–H and O–H groups in total. The molecular formula is C19H23N3O3. The molecule has 0 saturated carbocycles. The fraction of sp³-hybridized carbons (Fsp3) is 0.421. The van der Waals surface area contributed by atoms with Crippen molar-refractivity contribution in [1.29, 1.82) is 5.26 Å². The number of benzene rings is 1. The molecule has 1 fully saturated rings. The molecule has 0 aromatic heterocycles. The van der Waals surface area contributed by atoms with Crippen molar-refractivity contribution in [2.75, 3.05) is 25.0 Å². The lowest BCUT2D eigenvalue weighted by atomic mass is 9.96. The molecule has 0 unspecified atom stereocenters. The van der Waals surface area contributed by atoms with E-state index < -0.39 is 0 Å². The first-order valence-corrected chi connectivity index (χ1v) is 8.44. The number of carbonyl (C=O) groups is 2. The maximum Gasteiger partial charge on any atom is 0.309 e. The fourth-order valence-electron chi connectivity index (χ4n) is 2.70. The molecule has 1 aromatic carbocycles. The summed E-state index contributed by atoms with van der Waals surface area (Å²) >= 11 is 0. The van der Waals surface area contributed by atoms with E-state index in [1.807, 2.05) is 37.3 Å². The van der Waals surface area contributed by atoms with E-state index in [-0.39, 0.29) is 23.4 Å². The van der Waals surface area contributed by atoms with Crippen molar-refractivity contribution in [2.45, 2.75) is 26.7 Å². The Hall–Kier alpha value is -2.81. The zero-order chi connectivity index (χ0) is 18.2. The molecular weight excluding hydrogens is 318 g/mol. The molecule has 6 heteroatoms. The molecule has 2 rings (SSSR count). The monoisotopic (exact) mass is 341 g/mol. The van der Waals surface area contributed by atoms with Gasteiger partial charge in [0.05, 0.1) is 12.5 Å². The van der Waals surface area contributed by atoms with Gasteiger partial charge in [0, 0.05) is 25.0 Å². The average molecular weight is 341 g/mol. The van der Waals surface area contributed by atoms with Gasteiger partial charge >= 0.3 is 5.97 Å². The van der Waals surface area contributed by atoms with Gasteiger partial charge in [-0.15, -0.1) is 0 Å². The highest BCUT2D eigenvalue weighted by molar-refractivity contribution is 5.97. The Bertz CT molecular complexity index is 681. The number of amides is 1. The van der Waals surface area contributed by atoms with Crippen LogP contribution in [-0.4, -0.2) is 36.5 Å². The number of ether oxygens (including phenoxy) is 1. The standard InChI is InChI=1S/C19H23N3O3/c1-3-25-19(24)15-8-10-22(11-9-15)18(23)16(12-20)13-21-17-6-4-14(2)5-7-17/h4-7,13,15,21H,3,8-11H2,1-2H3/b16-13-.